The number of carboxylic acid groups (broad SMARTS) is 1. The molecule has 0 unspecified atom stereocenters. The molecule has 1 N–H and O–H groups in total. The predicted molar refractivity (Wildman–Crippen MR) is 72.7 cm³/mol. The molecule has 4 nitrogen and oxygen atoms in total. The molecule has 0 aliphatic carbocycles. The molecule has 0 spiro atoms. The van der Waals surface area contributed by atoms with Crippen LogP contribution in [-0.4, -0.2) is 21.0 Å². The summed E-state index contributed by atoms with van der Waals surface area (Å²) in [6.07, 6.45) is 1.42. The van der Waals surface area contributed by atoms with E-state index in [9.17, 15) is 4.79 Å². The lowest BCUT2D eigenvalue weighted by Crippen LogP contribution is -1.89. The van der Waals surface area contributed by atoms with Crippen molar-refractivity contribution in [1.82, 2.24) is 9.97 Å². The molecule has 0 radical (unpaired) electrons. The molecule has 90 valence electrons. The van der Waals surface area contributed by atoms with Gasteiger partial charge in [-0.15, -0.1) is 22.7 Å². The van der Waals surface area contributed by atoms with Crippen molar-refractivity contribution in [3.63, 3.8) is 0 Å². The Morgan fingerprint density at radius 1 is 1.28 bits per heavy atom. The molecule has 3 heterocycles. The van der Waals surface area contributed by atoms with E-state index in [1.165, 1.54) is 29.0 Å². The number of rotatable bonds is 2. The van der Waals surface area contributed by atoms with E-state index in [0.29, 0.717) is 10.0 Å². The maximum Gasteiger partial charge on any atom is 0.345 e. The summed E-state index contributed by atoms with van der Waals surface area (Å²) in [5.41, 5.74) is 1.71. The molecule has 0 aromatic carbocycles. The van der Waals surface area contributed by atoms with Crippen LogP contribution in [0.3, 0.4) is 0 Å². The summed E-state index contributed by atoms with van der Waals surface area (Å²) in [4.78, 5) is 20.1. The zero-order valence-corrected chi connectivity index (χ0v) is 11.1. The first-order valence-electron chi connectivity index (χ1n) is 4.86. The van der Waals surface area contributed by atoms with Gasteiger partial charge in [-0.3, -0.25) is 0 Å². The van der Waals surface area contributed by atoms with Gasteiger partial charge in [0.25, 0.3) is 0 Å². The molecule has 0 atom stereocenters. The molecule has 0 amide bonds. The summed E-state index contributed by atoms with van der Waals surface area (Å²) in [6.45, 7) is 0. The van der Waals surface area contributed by atoms with Crippen molar-refractivity contribution >= 4 is 50.5 Å². The molecule has 0 aliphatic rings. The second-order valence-electron chi connectivity index (χ2n) is 3.50. The topological polar surface area (TPSA) is 63.1 Å². The Morgan fingerprint density at radius 3 is 2.83 bits per heavy atom. The first-order valence-corrected chi connectivity index (χ1v) is 7.00. The van der Waals surface area contributed by atoms with Crippen molar-refractivity contribution in [3.05, 3.63) is 33.2 Å². The summed E-state index contributed by atoms with van der Waals surface area (Å²) in [7, 11) is 0. The molecule has 0 aliphatic heterocycles. The highest BCUT2D eigenvalue weighted by Gasteiger charge is 2.14. The summed E-state index contributed by atoms with van der Waals surface area (Å²) in [5, 5.41) is 13.8. The van der Waals surface area contributed by atoms with Crippen molar-refractivity contribution in [3.8, 4) is 11.1 Å². The Bertz CT molecular complexity index is 750. The second-order valence-corrected chi connectivity index (χ2v) is 5.63. The van der Waals surface area contributed by atoms with E-state index in [0.717, 1.165) is 21.3 Å². The molecule has 18 heavy (non-hydrogen) atoms. The van der Waals surface area contributed by atoms with Crippen LogP contribution in [-0.2, 0) is 0 Å². The van der Waals surface area contributed by atoms with E-state index in [1.54, 1.807) is 11.4 Å². The van der Waals surface area contributed by atoms with Crippen molar-refractivity contribution in [1.29, 1.82) is 0 Å². The van der Waals surface area contributed by atoms with Crippen LogP contribution in [0.5, 0.6) is 0 Å². The minimum absolute atomic E-state index is 0.303. The SMILES string of the molecule is O=C(O)c1cc(-c2csc3ncnc(Cl)c23)cs1. The van der Waals surface area contributed by atoms with Crippen LogP contribution in [0.15, 0.2) is 23.2 Å². The zero-order chi connectivity index (χ0) is 12.7. The zero-order valence-electron chi connectivity index (χ0n) is 8.75. The number of nitrogens with zero attached hydrogens (tertiary/aromatic N) is 2. The summed E-state index contributed by atoms with van der Waals surface area (Å²) in [6, 6.07) is 1.64. The highest BCUT2D eigenvalue weighted by molar-refractivity contribution is 7.17. The minimum atomic E-state index is -0.923. The standard InChI is InChI=1S/C11H5ClN2O2S2/c12-9-8-6(3-18-10(8)14-4-13-9)5-1-7(11(15)16)17-2-5/h1-4H,(H,15,16). The number of hydrogen-bond donors (Lipinski definition) is 1. The van der Waals surface area contributed by atoms with Crippen LogP contribution < -0.4 is 0 Å². The van der Waals surface area contributed by atoms with Crippen molar-refractivity contribution in [2.24, 2.45) is 0 Å². The lowest BCUT2D eigenvalue weighted by molar-refractivity contribution is 0.0702. The second kappa shape index (κ2) is 4.31. The molecule has 0 bridgehead atoms. The molecule has 3 aromatic heterocycles. The average molecular weight is 297 g/mol. The quantitative estimate of drug-likeness (QED) is 0.731. The fourth-order valence-electron chi connectivity index (χ4n) is 1.64. The van der Waals surface area contributed by atoms with Gasteiger partial charge in [-0.2, -0.15) is 0 Å². The summed E-state index contributed by atoms with van der Waals surface area (Å²) >= 11 is 8.72. The van der Waals surface area contributed by atoms with Gasteiger partial charge in [0.15, 0.2) is 0 Å². The first kappa shape index (κ1) is 11.6. The number of thiophene rings is 2. The molecular weight excluding hydrogens is 292 g/mol. The van der Waals surface area contributed by atoms with Crippen LogP contribution in [0.4, 0.5) is 0 Å². The van der Waals surface area contributed by atoms with Crippen LogP contribution in [0.25, 0.3) is 21.3 Å². The summed E-state index contributed by atoms with van der Waals surface area (Å²) < 4.78 is 0. The van der Waals surface area contributed by atoms with Gasteiger partial charge in [0, 0.05) is 10.9 Å². The maximum absolute atomic E-state index is 10.9. The van der Waals surface area contributed by atoms with Gasteiger partial charge in [-0.1, -0.05) is 11.6 Å². The van der Waals surface area contributed by atoms with Gasteiger partial charge in [-0.05, 0) is 17.0 Å². The normalized spacial score (nSPS) is 10.9. The monoisotopic (exact) mass is 296 g/mol. The highest BCUT2D eigenvalue weighted by Crippen LogP contribution is 2.37. The van der Waals surface area contributed by atoms with Gasteiger partial charge in [-0.25, -0.2) is 14.8 Å². The molecular formula is C11H5ClN2O2S2. The number of hydrogen-bond acceptors (Lipinski definition) is 5. The van der Waals surface area contributed by atoms with Crippen LogP contribution in [0, 0.1) is 0 Å². The Labute approximate surface area is 115 Å². The highest BCUT2D eigenvalue weighted by atomic mass is 35.5. The van der Waals surface area contributed by atoms with E-state index in [-0.39, 0.29) is 0 Å². The van der Waals surface area contributed by atoms with E-state index >= 15 is 0 Å². The van der Waals surface area contributed by atoms with E-state index < -0.39 is 5.97 Å². The van der Waals surface area contributed by atoms with Crippen molar-refractivity contribution < 1.29 is 9.90 Å². The van der Waals surface area contributed by atoms with E-state index in [2.05, 4.69) is 9.97 Å². The molecule has 3 aromatic rings. The number of carbonyl (C=O) groups is 1. The molecule has 0 saturated carbocycles. The number of aromatic nitrogens is 2. The smallest absolute Gasteiger partial charge is 0.345 e. The van der Waals surface area contributed by atoms with Gasteiger partial charge < -0.3 is 5.11 Å². The molecule has 7 heteroatoms. The van der Waals surface area contributed by atoms with Gasteiger partial charge in [0.1, 0.15) is 21.2 Å². The van der Waals surface area contributed by atoms with Crippen LogP contribution in [0.2, 0.25) is 5.15 Å². The third-order valence-electron chi connectivity index (χ3n) is 2.45. The number of halogens is 1. The first-order chi connectivity index (χ1) is 8.66. The molecule has 0 saturated heterocycles. The lowest BCUT2D eigenvalue weighted by Gasteiger charge is -1.96. The third kappa shape index (κ3) is 1.78. The fourth-order valence-corrected chi connectivity index (χ4v) is 3.59. The molecule has 0 fully saturated rings. The van der Waals surface area contributed by atoms with Crippen LogP contribution >= 0.6 is 34.3 Å². The number of carboxylic acids is 1. The molecule has 3 rings (SSSR count). The van der Waals surface area contributed by atoms with Gasteiger partial charge >= 0.3 is 5.97 Å². The number of aromatic carboxylic acids is 1. The maximum atomic E-state index is 10.9. The number of fused-ring (bicyclic) bond motifs is 1. The van der Waals surface area contributed by atoms with Crippen molar-refractivity contribution in [2.45, 2.75) is 0 Å². The Hall–Kier alpha value is -1.50. The fraction of sp³-hybridized carbons (Fsp3) is 0. The minimum Gasteiger partial charge on any atom is -0.477 e. The van der Waals surface area contributed by atoms with Gasteiger partial charge in [0.05, 0.1) is 5.39 Å². The summed E-state index contributed by atoms with van der Waals surface area (Å²) in [5.74, 6) is -0.923. The van der Waals surface area contributed by atoms with Crippen molar-refractivity contribution in [2.75, 3.05) is 0 Å². The lowest BCUT2D eigenvalue weighted by atomic mass is 10.1. The average Bonchev–Trinajstić information content (AvgIpc) is 2.94. The van der Waals surface area contributed by atoms with Crippen LogP contribution in [0.1, 0.15) is 9.67 Å². The third-order valence-corrected chi connectivity index (χ3v) is 4.54. The Balaban J connectivity index is 2.22. The Morgan fingerprint density at radius 2 is 2.11 bits per heavy atom. The van der Waals surface area contributed by atoms with E-state index in [4.69, 9.17) is 16.7 Å². The predicted octanol–water partition coefficient (Wildman–Crippen LogP) is 3.77. The Kier molecular flexibility index (Phi) is 2.77. The van der Waals surface area contributed by atoms with E-state index in [1.807, 2.05) is 5.38 Å². The van der Waals surface area contributed by atoms with Gasteiger partial charge in [0.2, 0.25) is 0 Å². The largest absolute Gasteiger partial charge is 0.477 e.